The van der Waals surface area contributed by atoms with Crippen molar-refractivity contribution in [2.75, 3.05) is 19.8 Å². The molecule has 2 aliphatic carbocycles. The van der Waals surface area contributed by atoms with Crippen LogP contribution in [0.15, 0.2) is 10.9 Å². The van der Waals surface area contributed by atoms with Gasteiger partial charge in [-0.25, -0.2) is 0 Å². The third kappa shape index (κ3) is 2.67. The van der Waals surface area contributed by atoms with Gasteiger partial charge in [0, 0.05) is 18.8 Å². The summed E-state index contributed by atoms with van der Waals surface area (Å²) in [4.78, 5) is 30.2. The van der Waals surface area contributed by atoms with Crippen LogP contribution < -0.4 is 5.56 Å². The lowest BCUT2D eigenvalue weighted by molar-refractivity contribution is -0.0449. The summed E-state index contributed by atoms with van der Waals surface area (Å²) in [5, 5.41) is 9.42. The first-order valence-electron chi connectivity index (χ1n) is 8.96. The number of aromatic amines is 1. The number of hydrogen-bond acceptors (Lipinski definition) is 4. The van der Waals surface area contributed by atoms with Crippen molar-refractivity contribution in [2.45, 2.75) is 50.7 Å². The smallest absolute Gasteiger partial charge is 0.261 e. The molecule has 6 nitrogen and oxygen atoms in total. The van der Waals surface area contributed by atoms with Gasteiger partial charge in [0.05, 0.1) is 18.8 Å². The monoisotopic (exact) mass is 332 g/mol. The van der Waals surface area contributed by atoms with Crippen LogP contribution in [-0.4, -0.2) is 52.8 Å². The van der Waals surface area contributed by atoms with Crippen molar-refractivity contribution in [1.29, 1.82) is 0 Å². The number of pyridine rings is 1. The van der Waals surface area contributed by atoms with Crippen molar-refractivity contribution in [3.05, 3.63) is 33.2 Å². The summed E-state index contributed by atoms with van der Waals surface area (Å²) in [6.07, 6.45) is 5.52. The van der Waals surface area contributed by atoms with Gasteiger partial charge in [-0.05, 0) is 56.1 Å². The van der Waals surface area contributed by atoms with Crippen LogP contribution in [0.2, 0.25) is 0 Å². The lowest BCUT2D eigenvalue weighted by Gasteiger charge is -2.37. The minimum Gasteiger partial charge on any atom is -0.396 e. The number of hydrogen-bond donors (Lipinski definition) is 2. The van der Waals surface area contributed by atoms with E-state index in [0.29, 0.717) is 13.2 Å². The molecule has 4 rings (SSSR count). The number of aryl methyl sites for hydroxylation is 2. The predicted octanol–water partition coefficient (Wildman–Crippen LogP) is 0.866. The van der Waals surface area contributed by atoms with Crippen molar-refractivity contribution in [3.8, 4) is 0 Å². The summed E-state index contributed by atoms with van der Waals surface area (Å²) >= 11 is 0. The Morgan fingerprint density at radius 1 is 1.33 bits per heavy atom. The number of aliphatic hydroxyl groups excluding tert-OH is 1. The number of rotatable bonds is 2. The van der Waals surface area contributed by atoms with E-state index in [9.17, 15) is 14.7 Å². The highest BCUT2D eigenvalue weighted by molar-refractivity contribution is 5.94. The number of amides is 1. The number of nitrogens with one attached hydrogen (secondary N) is 1. The zero-order valence-corrected chi connectivity index (χ0v) is 13.8. The molecule has 1 saturated carbocycles. The molecule has 1 amide bonds. The number of carbonyl (C=O) groups excluding carboxylic acids is 1. The summed E-state index contributed by atoms with van der Waals surface area (Å²) in [6, 6.07) is 1.78. The molecule has 3 atom stereocenters. The fourth-order valence-corrected chi connectivity index (χ4v) is 4.44. The minimum atomic E-state index is -0.277. The zero-order chi connectivity index (χ0) is 16.7. The number of H-pyrrole nitrogens is 1. The van der Waals surface area contributed by atoms with Crippen LogP contribution in [0.3, 0.4) is 0 Å². The van der Waals surface area contributed by atoms with E-state index in [0.717, 1.165) is 49.8 Å². The van der Waals surface area contributed by atoms with Crippen molar-refractivity contribution in [1.82, 2.24) is 9.88 Å². The fourth-order valence-electron chi connectivity index (χ4n) is 4.44. The molecule has 2 N–H and O–H groups in total. The van der Waals surface area contributed by atoms with Gasteiger partial charge in [-0.3, -0.25) is 9.59 Å². The van der Waals surface area contributed by atoms with E-state index < -0.39 is 0 Å². The highest BCUT2D eigenvalue weighted by Crippen LogP contribution is 2.34. The second kappa shape index (κ2) is 6.33. The van der Waals surface area contributed by atoms with Crippen LogP contribution in [0, 0.1) is 5.92 Å². The average molecular weight is 332 g/mol. The van der Waals surface area contributed by atoms with Crippen LogP contribution in [0.1, 0.15) is 47.3 Å². The van der Waals surface area contributed by atoms with E-state index in [1.54, 1.807) is 11.0 Å². The molecule has 3 aliphatic rings. The van der Waals surface area contributed by atoms with Gasteiger partial charge in [0.25, 0.3) is 11.5 Å². The number of nitrogens with zero attached hydrogens (tertiary/aromatic N) is 1. The highest BCUT2D eigenvalue weighted by atomic mass is 16.5. The first-order valence-corrected chi connectivity index (χ1v) is 8.96. The second-order valence-electron chi connectivity index (χ2n) is 7.22. The number of aliphatic hydroxyl groups is 1. The van der Waals surface area contributed by atoms with Crippen LogP contribution in [0.5, 0.6) is 0 Å². The number of carbonyl (C=O) groups is 1. The van der Waals surface area contributed by atoms with Gasteiger partial charge in [-0.2, -0.15) is 0 Å². The van der Waals surface area contributed by atoms with Crippen LogP contribution >= 0.6 is 0 Å². The molecular formula is C18H24N2O4. The number of fused-ring (bicyclic) bond motifs is 2. The molecule has 24 heavy (non-hydrogen) atoms. The summed E-state index contributed by atoms with van der Waals surface area (Å²) in [5.74, 6) is -0.0169. The third-order valence-electron chi connectivity index (χ3n) is 5.72. The van der Waals surface area contributed by atoms with Gasteiger partial charge in [0.2, 0.25) is 0 Å². The molecule has 1 aliphatic heterocycles. The van der Waals surface area contributed by atoms with Crippen molar-refractivity contribution in [3.63, 3.8) is 0 Å². The Kier molecular flexibility index (Phi) is 4.18. The molecule has 6 heteroatoms. The first-order chi connectivity index (χ1) is 11.7. The minimum absolute atomic E-state index is 0.0171. The Bertz CT molecular complexity index is 699. The predicted molar refractivity (Wildman–Crippen MR) is 88.1 cm³/mol. The van der Waals surface area contributed by atoms with E-state index in [-0.39, 0.29) is 41.7 Å². The molecule has 0 spiro atoms. The molecule has 0 radical (unpaired) electrons. The Morgan fingerprint density at radius 2 is 2.17 bits per heavy atom. The maximum Gasteiger partial charge on any atom is 0.261 e. The Morgan fingerprint density at radius 3 is 3.00 bits per heavy atom. The number of ether oxygens (including phenoxy) is 1. The summed E-state index contributed by atoms with van der Waals surface area (Å²) < 4.78 is 5.78. The van der Waals surface area contributed by atoms with E-state index >= 15 is 0 Å². The second-order valence-corrected chi connectivity index (χ2v) is 7.22. The maximum atomic E-state index is 13.0. The van der Waals surface area contributed by atoms with Gasteiger partial charge >= 0.3 is 0 Å². The van der Waals surface area contributed by atoms with Gasteiger partial charge in [0.1, 0.15) is 5.56 Å². The molecule has 130 valence electrons. The SMILES string of the molecule is O=C(c1cc2c([nH]c1=O)CCCC2)N1CCO[C@H]2C[C@H](CO)C[C@@H]21. The molecular weight excluding hydrogens is 308 g/mol. The fraction of sp³-hybridized carbons (Fsp3) is 0.667. The van der Waals surface area contributed by atoms with Crippen molar-refractivity contribution < 1.29 is 14.6 Å². The standard InChI is InChI=1S/C18H24N2O4/c21-10-11-7-15-16(8-11)24-6-5-20(15)18(23)13-9-12-3-1-2-4-14(12)19-17(13)22/h9,11,15-16,21H,1-8,10H2,(H,19,22)/t11-,15+,16+/m1/s1. The van der Waals surface area contributed by atoms with E-state index in [4.69, 9.17) is 4.74 Å². The molecule has 1 aromatic heterocycles. The average Bonchev–Trinajstić information content (AvgIpc) is 3.04. The lowest BCUT2D eigenvalue weighted by atomic mass is 9.94. The van der Waals surface area contributed by atoms with Crippen LogP contribution in [0.4, 0.5) is 0 Å². The Hall–Kier alpha value is -1.66. The molecule has 2 heterocycles. The Labute approximate surface area is 140 Å². The summed E-state index contributed by atoms with van der Waals surface area (Å²) in [6.45, 7) is 1.13. The molecule has 0 bridgehead atoms. The summed E-state index contributed by atoms with van der Waals surface area (Å²) in [5.41, 5.74) is 2.07. The third-order valence-corrected chi connectivity index (χ3v) is 5.72. The van der Waals surface area contributed by atoms with Gasteiger partial charge in [0.15, 0.2) is 0 Å². The van der Waals surface area contributed by atoms with E-state index in [1.165, 1.54) is 0 Å². The Balaban J connectivity index is 1.62. The van der Waals surface area contributed by atoms with Crippen molar-refractivity contribution in [2.24, 2.45) is 5.92 Å². The normalized spacial score (nSPS) is 29.2. The molecule has 1 saturated heterocycles. The molecule has 1 aromatic rings. The number of morpholine rings is 1. The molecule has 0 aromatic carbocycles. The molecule has 2 fully saturated rings. The lowest BCUT2D eigenvalue weighted by Crippen LogP contribution is -2.52. The van der Waals surface area contributed by atoms with Gasteiger partial charge in [-0.15, -0.1) is 0 Å². The zero-order valence-electron chi connectivity index (χ0n) is 13.8. The molecule has 0 unspecified atom stereocenters. The first kappa shape index (κ1) is 15.8. The topological polar surface area (TPSA) is 82.6 Å². The largest absolute Gasteiger partial charge is 0.396 e. The number of aromatic nitrogens is 1. The van der Waals surface area contributed by atoms with Crippen molar-refractivity contribution >= 4 is 5.91 Å². The maximum absolute atomic E-state index is 13.0. The van der Waals surface area contributed by atoms with Gasteiger partial charge in [-0.1, -0.05) is 0 Å². The summed E-state index contributed by atoms with van der Waals surface area (Å²) in [7, 11) is 0. The highest BCUT2D eigenvalue weighted by Gasteiger charge is 2.43. The van der Waals surface area contributed by atoms with E-state index in [2.05, 4.69) is 4.98 Å². The van der Waals surface area contributed by atoms with Gasteiger partial charge < -0.3 is 19.7 Å². The van der Waals surface area contributed by atoms with E-state index in [1.807, 2.05) is 0 Å². The quantitative estimate of drug-likeness (QED) is 0.842. The van der Waals surface area contributed by atoms with Crippen LogP contribution in [0.25, 0.3) is 0 Å². The van der Waals surface area contributed by atoms with Crippen LogP contribution in [-0.2, 0) is 17.6 Å².